The molecule has 88 valence electrons. The lowest BCUT2D eigenvalue weighted by Gasteiger charge is -2.28. The number of hydrogen-bond acceptors (Lipinski definition) is 2. The average Bonchev–Trinajstić information content (AvgIpc) is 2.24. The second-order valence-electron chi connectivity index (χ2n) is 3.55. The van der Waals surface area contributed by atoms with Gasteiger partial charge in [0, 0.05) is 12.1 Å². The van der Waals surface area contributed by atoms with Crippen LogP contribution >= 0.6 is 0 Å². The van der Waals surface area contributed by atoms with Crippen LogP contribution in [0.3, 0.4) is 0 Å². The highest BCUT2D eigenvalue weighted by Gasteiger charge is 2.21. The second kappa shape index (κ2) is 11.0. The first-order valence-corrected chi connectivity index (χ1v) is 6.21. The van der Waals surface area contributed by atoms with Crippen LogP contribution in [0, 0.1) is 5.92 Å². The summed E-state index contributed by atoms with van der Waals surface area (Å²) in [7, 11) is 0. The van der Waals surface area contributed by atoms with Crippen LogP contribution in [-0.2, 0) is 0 Å². The van der Waals surface area contributed by atoms with Crippen LogP contribution in [0.2, 0.25) is 0 Å². The number of rotatable bonds is 1. The van der Waals surface area contributed by atoms with Crippen molar-refractivity contribution >= 4 is 0 Å². The van der Waals surface area contributed by atoms with Gasteiger partial charge >= 0.3 is 0 Å². The lowest BCUT2D eigenvalue weighted by molar-refractivity contribution is 0.288. The van der Waals surface area contributed by atoms with Gasteiger partial charge in [-0.3, -0.25) is 0 Å². The Morgan fingerprint density at radius 1 is 1.07 bits per heavy atom. The minimum absolute atomic E-state index is 0.339. The fourth-order valence-corrected chi connectivity index (χ4v) is 1.74. The molecule has 0 bridgehead atoms. The van der Waals surface area contributed by atoms with E-state index in [9.17, 15) is 0 Å². The van der Waals surface area contributed by atoms with Crippen molar-refractivity contribution in [2.75, 3.05) is 0 Å². The molecular formula is C12H30N2. The van der Waals surface area contributed by atoms with Crippen LogP contribution < -0.4 is 11.5 Å². The smallest absolute Gasteiger partial charge is 0.00420 e. The average molecular weight is 202 g/mol. The van der Waals surface area contributed by atoms with Crippen LogP contribution in [0.1, 0.15) is 60.3 Å². The minimum atomic E-state index is 0.339. The number of nitrogens with two attached hydrogens (primary N) is 2. The molecule has 0 aromatic rings. The van der Waals surface area contributed by atoms with E-state index in [1.54, 1.807) is 0 Å². The third-order valence-electron chi connectivity index (χ3n) is 2.50. The molecule has 1 rings (SSSR count). The van der Waals surface area contributed by atoms with Crippen LogP contribution in [0.25, 0.3) is 0 Å². The van der Waals surface area contributed by atoms with Crippen LogP contribution in [-0.4, -0.2) is 12.1 Å². The van der Waals surface area contributed by atoms with Crippen LogP contribution in [0.15, 0.2) is 0 Å². The van der Waals surface area contributed by atoms with Gasteiger partial charge in [-0.15, -0.1) is 0 Å². The maximum absolute atomic E-state index is 5.81. The van der Waals surface area contributed by atoms with E-state index in [1.165, 1.54) is 19.3 Å². The summed E-state index contributed by atoms with van der Waals surface area (Å²) in [5, 5.41) is 0. The van der Waals surface area contributed by atoms with Crippen LogP contribution in [0.4, 0.5) is 0 Å². The van der Waals surface area contributed by atoms with Crippen molar-refractivity contribution in [1.29, 1.82) is 0 Å². The Balaban J connectivity index is 0. The first kappa shape index (κ1) is 16.4. The fraction of sp³-hybridized carbons (Fsp3) is 1.00. The van der Waals surface area contributed by atoms with Gasteiger partial charge in [0.05, 0.1) is 0 Å². The van der Waals surface area contributed by atoms with E-state index < -0.39 is 0 Å². The SMILES string of the molecule is CC.CC.CC(N)C1CCCC(N)C1. The van der Waals surface area contributed by atoms with Gasteiger partial charge in [0.1, 0.15) is 0 Å². The van der Waals surface area contributed by atoms with Gasteiger partial charge in [0.2, 0.25) is 0 Å². The summed E-state index contributed by atoms with van der Waals surface area (Å²) in [6.07, 6.45) is 4.89. The molecule has 2 nitrogen and oxygen atoms in total. The monoisotopic (exact) mass is 202 g/mol. The Kier molecular flexibility index (Phi) is 12.8. The summed E-state index contributed by atoms with van der Waals surface area (Å²) in [4.78, 5) is 0. The lowest BCUT2D eigenvalue weighted by Crippen LogP contribution is -2.36. The zero-order valence-corrected chi connectivity index (χ0v) is 10.7. The largest absolute Gasteiger partial charge is 0.328 e. The van der Waals surface area contributed by atoms with Gasteiger partial charge in [-0.25, -0.2) is 0 Å². The fourth-order valence-electron chi connectivity index (χ4n) is 1.74. The Morgan fingerprint density at radius 2 is 1.57 bits per heavy atom. The van der Waals surface area contributed by atoms with E-state index in [-0.39, 0.29) is 0 Å². The van der Waals surface area contributed by atoms with Crippen molar-refractivity contribution in [3.8, 4) is 0 Å². The van der Waals surface area contributed by atoms with E-state index in [4.69, 9.17) is 11.5 Å². The Labute approximate surface area is 90.4 Å². The summed E-state index contributed by atoms with van der Waals surface area (Å²) < 4.78 is 0. The van der Waals surface area contributed by atoms with Crippen molar-refractivity contribution in [2.45, 2.75) is 72.4 Å². The molecule has 0 aromatic carbocycles. The Hall–Kier alpha value is -0.0800. The van der Waals surface area contributed by atoms with Crippen LogP contribution in [0.5, 0.6) is 0 Å². The molecule has 0 heterocycles. The van der Waals surface area contributed by atoms with Crippen molar-refractivity contribution in [3.63, 3.8) is 0 Å². The molecule has 3 unspecified atom stereocenters. The first-order valence-electron chi connectivity index (χ1n) is 6.21. The minimum Gasteiger partial charge on any atom is -0.328 e. The third-order valence-corrected chi connectivity index (χ3v) is 2.50. The molecule has 2 heteroatoms. The summed E-state index contributed by atoms with van der Waals surface area (Å²) in [6.45, 7) is 10.1. The molecule has 0 amide bonds. The van der Waals surface area contributed by atoms with E-state index in [2.05, 4.69) is 6.92 Å². The van der Waals surface area contributed by atoms with Gasteiger partial charge in [0.15, 0.2) is 0 Å². The van der Waals surface area contributed by atoms with Crippen molar-refractivity contribution in [3.05, 3.63) is 0 Å². The molecule has 0 aromatic heterocycles. The highest BCUT2D eigenvalue weighted by molar-refractivity contribution is 4.79. The van der Waals surface area contributed by atoms with E-state index in [1.807, 2.05) is 27.7 Å². The first-order chi connectivity index (χ1) is 6.70. The topological polar surface area (TPSA) is 52.0 Å². The third kappa shape index (κ3) is 7.34. The number of hydrogen-bond donors (Lipinski definition) is 2. The van der Waals surface area contributed by atoms with Gasteiger partial charge in [-0.1, -0.05) is 34.1 Å². The summed E-state index contributed by atoms with van der Waals surface area (Å²) in [5.74, 6) is 0.684. The zero-order chi connectivity index (χ0) is 11.6. The van der Waals surface area contributed by atoms with Gasteiger partial charge in [-0.2, -0.15) is 0 Å². The van der Waals surface area contributed by atoms with Crippen molar-refractivity contribution in [2.24, 2.45) is 17.4 Å². The quantitative estimate of drug-likeness (QED) is 0.687. The zero-order valence-electron chi connectivity index (χ0n) is 10.7. The molecule has 1 aliphatic carbocycles. The molecule has 0 saturated heterocycles. The summed E-state index contributed by atoms with van der Waals surface area (Å²) >= 11 is 0. The van der Waals surface area contributed by atoms with Gasteiger partial charge < -0.3 is 11.5 Å². The Bertz CT molecular complexity index is 102. The molecule has 14 heavy (non-hydrogen) atoms. The molecule has 0 radical (unpaired) electrons. The van der Waals surface area contributed by atoms with E-state index in [0.29, 0.717) is 18.0 Å². The molecule has 1 aliphatic rings. The van der Waals surface area contributed by atoms with Gasteiger partial charge in [-0.05, 0) is 32.1 Å². The standard InChI is InChI=1S/C8H18N2.2C2H6/c1-6(9)7-3-2-4-8(10)5-7;2*1-2/h6-8H,2-5,9-10H2,1H3;2*1-2H3. The molecule has 0 spiro atoms. The predicted octanol–water partition coefficient (Wildman–Crippen LogP) is 2.90. The molecule has 0 aliphatic heterocycles. The van der Waals surface area contributed by atoms with E-state index >= 15 is 0 Å². The highest BCUT2D eigenvalue weighted by atomic mass is 14.7. The molecule has 3 atom stereocenters. The normalized spacial score (nSPS) is 27.6. The van der Waals surface area contributed by atoms with Gasteiger partial charge in [0.25, 0.3) is 0 Å². The molecular weight excluding hydrogens is 172 g/mol. The molecule has 1 fully saturated rings. The predicted molar refractivity (Wildman–Crippen MR) is 66.3 cm³/mol. The maximum atomic E-state index is 5.81. The second-order valence-corrected chi connectivity index (χ2v) is 3.55. The highest BCUT2D eigenvalue weighted by Crippen LogP contribution is 2.24. The Morgan fingerprint density at radius 3 is 1.86 bits per heavy atom. The maximum Gasteiger partial charge on any atom is 0.00420 e. The van der Waals surface area contributed by atoms with Crippen molar-refractivity contribution < 1.29 is 0 Å². The van der Waals surface area contributed by atoms with Crippen molar-refractivity contribution in [1.82, 2.24) is 0 Å². The summed E-state index contributed by atoms with van der Waals surface area (Å²) in [6, 6.07) is 0.760. The molecule has 4 N–H and O–H groups in total. The summed E-state index contributed by atoms with van der Waals surface area (Å²) in [5.41, 5.74) is 11.6. The van der Waals surface area contributed by atoms with E-state index in [0.717, 1.165) is 6.42 Å². The lowest BCUT2D eigenvalue weighted by atomic mass is 9.82. The molecule has 1 saturated carbocycles.